The molecule has 19 heavy (non-hydrogen) atoms. The van der Waals surface area contributed by atoms with E-state index in [0.29, 0.717) is 11.3 Å². The molecule has 0 fully saturated rings. The zero-order valence-electron chi connectivity index (χ0n) is 9.70. The first-order valence-electron chi connectivity index (χ1n) is 5.06. The Hall–Kier alpha value is -2.13. The maximum absolute atomic E-state index is 12.8. The van der Waals surface area contributed by atoms with E-state index in [1.54, 1.807) is 6.92 Å². The van der Waals surface area contributed by atoms with Crippen molar-refractivity contribution in [1.29, 1.82) is 0 Å². The van der Waals surface area contributed by atoms with Crippen LogP contribution in [0.5, 0.6) is 0 Å². The number of hydrogen-bond acceptors (Lipinski definition) is 6. The van der Waals surface area contributed by atoms with Gasteiger partial charge in [0.15, 0.2) is 0 Å². The largest absolute Gasteiger partial charge is 0.324 e. The highest BCUT2D eigenvalue weighted by atomic mass is 32.2. The van der Waals surface area contributed by atoms with Gasteiger partial charge < -0.3 is 5.32 Å². The van der Waals surface area contributed by atoms with Crippen molar-refractivity contribution in [2.45, 2.75) is 11.8 Å². The zero-order valence-corrected chi connectivity index (χ0v) is 10.5. The molecule has 1 aromatic heterocycles. The molecule has 7 nitrogen and oxygen atoms in total. The third kappa shape index (κ3) is 3.20. The van der Waals surface area contributed by atoms with Gasteiger partial charge in [-0.25, -0.2) is 4.98 Å². The Bertz CT molecular complexity index is 720. The SMILES string of the molecule is Cc1cc(S(=O)(=O)O)ccc1Nc1ncnc(F)n1. The lowest BCUT2D eigenvalue weighted by Crippen LogP contribution is -2.03. The second-order valence-corrected chi connectivity index (χ2v) is 5.08. The summed E-state index contributed by atoms with van der Waals surface area (Å²) in [5.41, 5.74) is 1.01. The molecule has 2 aromatic rings. The topological polar surface area (TPSA) is 105 Å². The van der Waals surface area contributed by atoms with E-state index < -0.39 is 16.2 Å². The van der Waals surface area contributed by atoms with Gasteiger partial charge in [-0.3, -0.25) is 4.55 Å². The normalized spacial score (nSPS) is 11.3. The molecule has 0 aliphatic carbocycles. The van der Waals surface area contributed by atoms with Crippen LogP contribution in [0.2, 0.25) is 0 Å². The van der Waals surface area contributed by atoms with E-state index >= 15 is 0 Å². The molecule has 100 valence electrons. The minimum atomic E-state index is -4.25. The Morgan fingerprint density at radius 2 is 2.05 bits per heavy atom. The van der Waals surface area contributed by atoms with Crippen molar-refractivity contribution in [2.75, 3.05) is 5.32 Å². The molecule has 2 rings (SSSR count). The molecule has 0 aliphatic rings. The van der Waals surface area contributed by atoms with E-state index in [0.717, 1.165) is 6.33 Å². The fourth-order valence-electron chi connectivity index (χ4n) is 1.39. The number of halogens is 1. The van der Waals surface area contributed by atoms with Gasteiger partial charge >= 0.3 is 6.08 Å². The molecular weight excluding hydrogens is 275 g/mol. The van der Waals surface area contributed by atoms with Crippen LogP contribution in [0.3, 0.4) is 0 Å². The molecule has 0 atom stereocenters. The monoisotopic (exact) mass is 284 g/mol. The highest BCUT2D eigenvalue weighted by Crippen LogP contribution is 2.21. The van der Waals surface area contributed by atoms with Crippen LogP contribution in [-0.2, 0) is 10.1 Å². The first-order chi connectivity index (χ1) is 8.86. The predicted molar refractivity (Wildman–Crippen MR) is 64.1 cm³/mol. The Balaban J connectivity index is 2.32. The van der Waals surface area contributed by atoms with Gasteiger partial charge in [0, 0.05) is 5.69 Å². The summed E-state index contributed by atoms with van der Waals surface area (Å²) in [5.74, 6) is -0.00444. The molecule has 0 saturated carbocycles. The quantitative estimate of drug-likeness (QED) is 0.818. The predicted octanol–water partition coefficient (Wildman–Crippen LogP) is 1.31. The summed E-state index contributed by atoms with van der Waals surface area (Å²) in [6.07, 6.45) is 0.0803. The van der Waals surface area contributed by atoms with Crippen molar-refractivity contribution in [1.82, 2.24) is 15.0 Å². The summed E-state index contributed by atoms with van der Waals surface area (Å²) < 4.78 is 43.6. The standard InChI is InChI=1S/C10H9FN4O3S/c1-6-4-7(19(16,17)18)2-3-8(6)14-10-13-5-12-9(11)15-10/h2-5H,1H3,(H,16,17,18)(H,12,13,14,15). The lowest BCUT2D eigenvalue weighted by atomic mass is 10.2. The van der Waals surface area contributed by atoms with Crippen molar-refractivity contribution < 1.29 is 17.4 Å². The molecule has 0 spiro atoms. The molecule has 0 amide bonds. The smallest absolute Gasteiger partial charge is 0.313 e. The first-order valence-corrected chi connectivity index (χ1v) is 6.50. The van der Waals surface area contributed by atoms with E-state index in [9.17, 15) is 12.8 Å². The molecule has 0 unspecified atom stereocenters. The summed E-state index contributed by atoms with van der Waals surface area (Å²) >= 11 is 0. The number of rotatable bonds is 3. The number of benzene rings is 1. The minimum Gasteiger partial charge on any atom is -0.324 e. The Kier molecular flexibility index (Phi) is 3.40. The summed E-state index contributed by atoms with van der Waals surface area (Å²) in [5, 5.41) is 2.71. The maximum atomic E-state index is 12.8. The summed E-state index contributed by atoms with van der Waals surface area (Å²) in [7, 11) is -4.25. The molecule has 0 radical (unpaired) electrons. The lowest BCUT2D eigenvalue weighted by Gasteiger charge is -2.08. The number of nitrogens with zero attached hydrogens (tertiary/aromatic N) is 3. The van der Waals surface area contributed by atoms with E-state index in [1.807, 2.05) is 0 Å². The molecular formula is C10H9FN4O3S. The summed E-state index contributed by atoms with van der Waals surface area (Å²) in [6, 6.07) is 3.90. The van der Waals surface area contributed by atoms with Crippen LogP contribution in [-0.4, -0.2) is 27.9 Å². The number of anilines is 2. The van der Waals surface area contributed by atoms with Crippen molar-refractivity contribution >= 4 is 21.8 Å². The first kappa shape index (κ1) is 13.3. The van der Waals surface area contributed by atoms with Crippen LogP contribution in [0.1, 0.15) is 5.56 Å². The zero-order chi connectivity index (χ0) is 14.0. The van der Waals surface area contributed by atoms with E-state index in [-0.39, 0.29) is 10.8 Å². The Morgan fingerprint density at radius 3 is 2.63 bits per heavy atom. The molecule has 0 saturated heterocycles. The van der Waals surface area contributed by atoms with E-state index in [1.165, 1.54) is 18.2 Å². The van der Waals surface area contributed by atoms with Crippen molar-refractivity contribution in [3.05, 3.63) is 36.2 Å². The van der Waals surface area contributed by atoms with Crippen LogP contribution in [0.15, 0.2) is 29.4 Å². The van der Waals surface area contributed by atoms with Gasteiger partial charge in [-0.2, -0.15) is 22.8 Å². The molecule has 0 aliphatic heterocycles. The highest BCUT2D eigenvalue weighted by molar-refractivity contribution is 7.85. The van der Waals surface area contributed by atoms with E-state index in [2.05, 4.69) is 20.3 Å². The average Bonchev–Trinajstić information content (AvgIpc) is 2.30. The fraction of sp³-hybridized carbons (Fsp3) is 0.100. The van der Waals surface area contributed by atoms with Gasteiger partial charge in [-0.15, -0.1) is 0 Å². The molecule has 9 heteroatoms. The van der Waals surface area contributed by atoms with Gasteiger partial charge in [0.1, 0.15) is 6.33 Å². The van der Waals surface area contributed by atoms with Crippen molar-refractivity contribution in [3.63, 3.8) is 0 Å². The lowest BCUT2D eigenvalue weighted by molar-refractivity contribution is 0.483. The van der Waals surface area contributed by atoms with Crippen LogP contribution in [0, 0.1) is 13.0 Å². The molecule has 0 bridgehead atoms. The van der Waals surface area contributed by atoms with Crippen molar-refractivity contribution in [2.24, 2.45) is 0 Å². The second kappa shape index (κ2) is 4.86. The van der Waals surface area contributed by atoms with Gasteiger partial charge in [0.05, 0.1) is 4.90 Å². The van der Waals surface area contributed by atoms with Crippen LogP contribution < -0.4 is 5.32 Å². The average molecular weight is 284 g/mol. The Morgan fingerprint density at radius 1 is 1.32 bits per heavy atom. The number of nitrogens with one attached hydrogen (secondary N) is 1. The Labute approximate surface area is 108 Å². The fourth-order valence-corrected chi connectivity index (χ4v) is 1.96. The highest BCUT2D eigenvalue weighted by Gasteiger charge is 2.11. The number of aryl methyl sites for hydroxylation is 1. The molecule has 1 heterocycles. The number of hydrogen-bond donors (Lipinski definition) is 2. The van der Waals surface area contributed by atoms with E-state index in [4.69, 9.17) is 4.55 Å². The van der Waals surface area contributed by atoms with Gasteiger partial charge in [0.25, 0.3) is 10.1 Å². The third-order valence-corrected chi connectivity index (χ3v) is 3.13. The minimum absolute atomic E-state index is 0.00444. The van der Waals surface area contributed by atoms with Crippen molar-refractivity contribution in [3.8, 4) is 0 Å². The molecule has 2 N–H and O–H groups in total. The van der Waals surface area contributed by atoms with Crippen LogP contribution in [0.25, 0.3) is 0 Å². The summed E-state index contributed by atoms with van der Waals surface area (Å²) in [4.78, 5) is 10.1. The molecule has 1 aromatic carbocycles. The van der Waals surface area contributed by atoms with Crippen LogP contribution in [0.4, 0.5) is 16.0 Å². The number of aromatic nitrogens is 3. The van der Waals surface area contributed by atoms with Crippen LogP contribution >= 0.6 is 0 Å². The summed E-state index contributed by atoms with van der Waals surface area (Å²) in [6.45, 7) is 1.62. The second-order valence-electron chi connectivity index (χ2n) is 3.65. The third-order valence-electron chi connectivity index (χ3n) is 2.28. The van der Waals surface area contributed by atoms with Gasteiger partial charge in [-0.05, 0) is 30.7 Å². The maximum Gasteiger partial charge on any atom is 0.313 e. The van der Waals surface area contributed by atoms with Gasteiger partial charge in [0.2, 0.25) is 5.95 Å². The van der Waals surface area contributed by atoms with Gasteiger partial charge in [-0.1, -0.05) is 0 Å².